The normalized spacial score (nSPS) is 27.0. The Hall–Kier alpha value is -1.20. The molecule has 2 unspecified atom stereocenters. The van der Waals surface area contributed by atoms with E-state index in [0.717, 1.165) is 5.56 Å². The van der Waals surface area contributed by atoms with Crippen LogP contribution in [0.15, 0.2) is 24.3 Å². The molecule has 26 heavy (non-hydrogen) atoms. The van der Waals surface area contributed by atoms with Crippen LogP contribution in [0.1, 0.15) is 50.2 Å². The van der Waals surface area contributed by atoms with Crippen LogP contribution in [0, 0.1) is 0 Å². The van der Waals surface area contributed by atoms with Crippen LogP contribution in [0.3, 0.4) is 0 Å². The molecule has 7 heteroatoms. The number of carboxylic acids is 1. The summed E-state index contributed by atoms with van der Waals surface area (Å²) in [6, 6.07) is 8.13. The van der Waals surface area contributed by atoms with E-state index in [0.29, 0.717) is 38.4 Å². The van der Waals surface area contributed by atoms with Crippen LogP contribution in [-0.4, -0.2) is 51.8 Å². The van der Waals surface area contributed by atoms with Crippen LogP contribution in [-0.2, 0) is 15.9 Å². The third-order valence-electron chi connectivity index (χ3n) is 5.39. The van der Waals surface area contributed by atoms with Gasteiger partial charge < -0.3 is 15.7 Å². The van der Waals surface area contributed by atoms with Crippen LogP contribution in [0.5, 0.6) is 0 Å². The van der Waals surface area contributed by atoms with Crippen molar-refractivity contribution in [1.82, 2.24) is 4.90 Å². The number of nitrogens with zero attached hydrogens (tertiary/aromatic N) is 1. The molecule has 1 saturated heterocycles. The molecule has 0 saturated carbocycles. The molecule has 0 radical (unpaired) electrons. The van der Waals surface area contributed by atoms with Gasteiger partial charge in [0.05, 0.1) is 0 Å². The summed E-state index contributed by atoms with van der Waals surface area (Å²) in [5, 5.41) is 8.27. The van der Waals surface area contributed by atoms with Gasteiger partial charge in [-0.3, -0.25) is 14.3 Å². The number of carbonyl (C=O) groups is 1. The number of carboxylic acid groups (broad SMARTS) is 1. The summed E-state index contributed by atoms with van der Waals surface area (Å²) < 4.78 is 12.8. The van der Waals surface area contributed by atoms with Crippen molar-refractivity contribution < 1.29 is 19.4 Å². The van der Waals surface area contributed by atoms with Crippen LogP contribution in [0.4, 0.5) is 0 Å². The van der Waals surface area contributed by atoms with Gasteiger partial charge in [0.1, 0.15) is 0 Å². The molecule has 6 nitrogen and oxygen atoms in total. The molecule has 2 atom stereocenters. The number of unbranched alkanes of at least 4 members (excludes halogenated alkanes) is 1. The summed E-state index contributed by atoms with van der Waals surface area (Å²) >= 11 is 0. The summed E-state index contributed by atoms with van der Waals surface area (Å²) in [7, 11) is -3.78. The van der Waals surface area contributed by atoms with Gasteiger partial charge in [0.2, 0.25) is 7.37 Å². The van der Waals surface area contributed by atoms with Gasteiger partial charge in [0, 0.05) is 25.8 Å². The molecule has 0 bridgehead atoms. The Balaban J connectivity index is 2.25. The average molecular weight is 382 g/mol. The van der Waals surface area contributed by atoms with Gasteiger partial charge in [-0.1, -0.05) is 44.5 Å². The minimum atomic E-state index is -3.78. The van der Waals surface area contributed by atoms with Crippen molar-refractivity contribution in [3.8, 4) is 0 Å². The highest BCUT2D eigenvalue weighted by atomic mass is 31.2. The summed E-state index contributed by atoms with van der Waals surface area (Å²) in [5.41, 5.74) is 7.90. The third kappa shape index (κ3) is 4.37. The van der Waals surface area contributed by atoms with Crippen LogP contribution >= 0.6 is 7.37 Å². The molecule has 1 aromatic carbocycles. The van der Waals surface area contributed by atoms with Crippen molar-refractivity contribution in [2.45, 2.75) is 50.7 Å². The Morgan fingerprint density at radius 3 is 2.65 bits per heavy atom. The lowest BCUT2D eigenvalue weighted by Gasteiger charge is -2.43. The maximum Gasteiger partial charge on any atom is 0.320 e. The zero-order valence-electron chi connectivity index (χ0n) is 15.7. The van der Waals surface area contributed by atoms with E-state index in [1.165, 1.54) is 5.56 Å². The van der Waals surface area contributed by atoms with Gasteiger partial charge in [0.15, 0.2) is 5.16 Å². The predicted molar refractivity (Wildman–Crippen MR) is 104 cm³/mol. The fourth-order valence-corrected chi connectivity index (χ4v) is 6.02. The van der Waals surface area contributed by atoms with Crippen molar-refractivity contribution in [2.75, 3.05) is 25.8 Å². The molecule has 1 aliphatic rings. The van der Waals surface area contributed by atoms with Gasteiger partial charge >= 0.3 is 5.97 Å². The molecule has 1 aromatic rings. The lowest BCUT2D eigenvalue weighted by molar-refractivity contribution is -0.141. The Bertz CT molecular complexity index is 679. The van der Waals surface area contributed by atoms with E-state index in [4.69, 9.17) is 5.73 Å². The second-order valence-electron chi connectivity index (χ2n) is 7.57. The second kappa shape index (κ2) is 8.66. The fourth-order valence-electron chi connectivity index (χ4n) is 3.81. The standard InChI is InChI=1S/C19H31N2O4P/c1-15(2)17-8-4-3-7-16(17)13-21-11-12-26(24,25)19(14-21,18(22)23)9-5-6-10-20/h3-4,7-8,15H,5-6,9-14,20H2,1-2H3,(H,22,23)(H,24,25). The molecule has 1 aliphatic heterocycles. The molecule has 0 aromatic heterocycles. The van der Waals surface area contributed by atoms with Crippen LogP contribution in [0.25, 0.3) is 0 Å². The number of hydrogen-bond acceptors (Lipinski definition) is 4. The summed E-state index contributed by atoms with van der Waals surface area (Å²) in [4.78, 5) is 24.6. The molecule has 0 amide bonds. The molecule has 146 valence electrons. The van der Waals surface area contributed by atoms with Gasteiger partial charge in [0.25, 0.3) is 0 Å². The van der Waals surface area contributed by atoms with E-state index in [9.17, 15) is 19.4 Å². The first-order valence-corrected chi connectivity index (χ1v) is 11.1. The van der Waals surface area contributed by atoms with Gasteiger partial charge in [-0.2, -0.15) is 0 Å². The Labute approximate surface area is 155 Å². The smallest absolute Gasteiger partial charge is 0.320 e. The number of benzene rings is 1. The molecular weight excluding hydrogens is 351 g/mol. The molecule has 2 rings (SSSR count). The minimum Gasteiger partial charge on any atom is -0.480 e. The summed E-state index contributed by atoms with van der Waals surface area (Å²) in [6.45, 7) is 5.85. The quantitative estimate of drug-likeness (QED) is 0.472. The van der Waals surface area contributed by atoms with Gasteiger partial charge in [-0.25, -0.2) is 0 Å². The Morgan fingerprint density at radius 1 is 1.35 bits per heavy atom. The third-order valence-corrected chi connectivity index (χ3v) is 8.09. The monoisotopic (exact) mass is 382 g/mol. The first-order chi connectivity index (χ1) is 12.2. The molecule has 0 aliphatic carbocycles. The number of aliphatic carboxylic acids is 1. The molecular formula is C19H31N2O4P. The molecule has 4 N–H and O–H groups in total. The maximum atomic E-state index is 12.8. The minimum absolute atomic E-state index is 0.0196. The highest BCUT2D eigenvalue weighted by molar-refractivity contribution is 7.61. The van der Waals surface area contributed by atoms with Crippen molar-refractivity contribution in [2.24, 2.45) is 5.73 Å². The Kier molecular flexibility index (Phi) is 7.03. The lowest BCUT2D eigenvalue weighted by Crippen LogP contribution is -2.54. The molecule has 0 spiro atoms. The van der Waals surface area contributed by atoms with Crippen molar-refractivity contribution >= 4 is 13.3 Å². The number of nitrogens with two attached hydrogens (primary N) is 1. The number of hydrogen-bond donors (Lipinski definition) is 3. The van der Waals surface area contributed by atoms with Gasteiger partial charge in [-0.15, -0.1) is 0 Å². The van der Waals surface area contributed by atoms with E-state index in [-0.39, 0.29) is 19.1 Å². The summed E-state index contributed by atoms with van der Waals surface area (Å²) in [6.07, 6.45) is 1.41. The van der Waals surface area contributed by atoms with E-state index in [1.54, 1.807) is 0 Å². The lowest BCUT2D eigenvalue weighted by atomic mass is 9.95. The predicted octanol–water partition coefficient (Wildman–Crippen LogP) is 2.85. The van der Waals surface area contributed by atoms with Crippen LogP contribution in [0.2, 0.25) is 0 Å². The van der Waals surface area contributed by atoms with Crippen molar-refractivity contribution in [3.63, 3.8) is 0 Å². The van der Waals surface area contributed by atoms with E-state index in [1.807, 2.05) is 17.0 Å². The largest absolute Gasteiger partial charge is 0.480 e. The zero-order chi connectivity index (χ0) is 19.4. The van der Waals surface area contributed by atoms with Crippen molar-refractivity contribution in [1.29, 1.82) is 0 Å². The second-order valence-corrected chi connectivity index (χ2v) is 10.3. The highest BCUT2D eigenvalue weighted by Gasteiger charge is 2.56. The molecule has 1 heterocycles. The van der Waals surface area contributed by atoms with E-state index >= 15 is 0 Å². The summed E-state index contributed by atoms with van der Waals surface area (Å²) in [5.74, 6) is -0.795. The van der Waals surface area contributed by atoms with E-state index < -0.39 is 18.5 Å². The van der Waals surface area contributed by atoms with E-state index in [2.05, 4.69) is 26.0 Å². The first-order valence-electron chi connectivity index (χ1n) is 9.29. The maximum absolute atomic E-state index is 12.8. The first kappa shape index (κ1) is 21.1. The fraction of sp³-hybridized carbons (Fsp3) is 0.632. The number of rotatable bonds is 8. The molecule has 1 fully saturated rings. The Morgan fingerprint density at radius 2 is 2.04 bits per heavy atom. The van der Waals surface area contributed by atoms with Gasteiger partial charge in [-0.05, 0) is 36.4 Å². The average Bonchev–Trinajstić information content (AvgIpc) is 2.58. The SMILES string of the molecule is CC(C)c1ccccc1CN1CCP(=O)(O)C(CCCCN)(C(=O)O)C1. The zero-order valence-corrected chi connectivity index (χ0v) is 16.6. The van der Waals surface area contributed by atoms with Crippen molar-refractivity contribution in [3.05, 3.63) is 35.4 Å². The topological polar surface area (TPSA) is 104 Å². The highest BCUT2D eigenvalue weighted by Crippen LogP contribution is 2.59. The van der Waals surface area contributed by atoms with Crippen LogP contribution < -0.4 is 5.73 Å².